The average Bonchev–Trinajstić information content (AvgIpc) is 2.83. The van der Waals surface area contributed by atoms with E-state index in [-0.39, 0.29) is 29.9 Å². The molecule has 1 unspecified atom stereocenters. The normalized spacial score (nSPS) is 17.8. The second-order valence-corrected chi connectivity index (χ2v) is 7.01. The van der Waals surface area contributed by atoms with Crippen molar-refractivity contribution in [3.63, 3.8) is 0 Å². The Morgan fingerprint density at radius 2 is 2.17 bits per heavy atom. The highest BCUT2D eigenvalue weighted by molar-refractivity contribution is 7.89. The fourth-order valence-corrected chi connectivity index (χ4v) is 3.47. The van der Waals surface area contributed by atoms with Crippen LogP contribution in [0.3, 0.4) is 0 Å². The zero-order chi connectivity index (χ0) is 18.1. The van der Waals surface area contributed by atoms with Crippen LogP contribution >= 0.6 is 0 Å². The number of anilines is 1. The third kappa shape index (κ3) is 3.86. The topological polar surface area (TPSA) is 150 Å². The van der Waals surface area contributed by atoms with Crippen molar-refractivity contribution in [2.24, 2.45) is 11.1 Å². The number of nitrogens with two attached hydrogens (primary N) is 1. The number of rotatable bonds is 5. The van der Waals surface area contributed by atoms with Gasteiger partial charge in [0, 0.05) is 31.0 Å². The molecule has 130 valence electrons. The minimum absolute atomic E-state index is 0.0120. The molecule has 0 aliphatic carbocycles. The molecule has 1 aromatic rings. The fraction of sp³-hybridized carbons (Fsp3) is 0.385. The van der Waals surface area contributed by atoms with E-state index in [1.54, 1.807) is 0 Å². The minimum atomic E-state index is -3.77. The monoisotopic (exact) mass is 357 g/mol. The van der Waals surface area contributed by atoms with Crippen LogP contribution in [0.2, 0.25) is 0 Å². The molecular weight excluding hydrogens is 342 g/mol. The number of nitrogens with zero attached hydrogens (tertiary/aromatic N) is 2. The van der Waals surface area contributed by atoms with E-state index in [1.807, 2.05) is 0 Å². The van der Waals surface area contributed by atoms with Gasteiger partial charge in [0.1, 0.15) is 0 Å². The molecule has 1 aliphatic rings. The first kappa shape index (κ1) is 17.8. The minimum Gasteiger partial charge on any atom is -0.465 e. The Bertz CT molecular complexity index is 806. The lowest BCUT2D eigenvalue weighted by molar-refractivity contribution is -0.384. The van der Waals surface area contributed by atoms with E-state index in [1.165, 1.54) is 6.07 Å². The van der Waals surface area contributed by atoms with E-state index in [2.05, 4.69) is 4.74 Å². The fourth-order valence-electron chi connectivity index (χ4n) is 2.59. The molecule has 1 fully saturated rings. The van der Waals surface area contributed by atoms with Gasteiger partial charge in [-0.2, -0.15) is 0 Å². The Kier molecular flexibility index (Phi) is 4.85. The maximum atomic E-state index is 12.2. The van der Waals surface area contributed by atoms with Crippen LogP contribution in [0, 0.1) is 16.0 Å². The summed E-state index contributed by atoms with van der Waals surface area (Å²) in [5.74, 6) is -2.16. The number of hydrogen-bond acceptors (Lipinski definition) is 7. The van der Waals surface area contributed by atoms with Gasteiger partial charge in [0.2, 0.25) is 15.9 Å². The molecular formula is C13H15N3O7S. The number of carbonyl (C=O) groups is 2. The van der Waals surface area contributed by atoms with Gasteiger partial charge in [-0.1, -0.05) is 0 Å². The smallest absolute Gasteiger partial charge is 0.339 e. The molecule has 0 radical (unpaired) electrons. The van der Waals surface area contributed by atoms with Crippen molar-refractivity contribution in [3.05, 3.63) is 33.9 Å². The van der Waals surface area contributed by atoms with Gasteiger partial charge in [-0.15, -0.1) is 0 Å². The van der Waals surface area contributed by atoms with Crippen molar-refractivity contribution in [2.75, 3.05) is 24.3 Å². The first-order valence-corrected chi connectivity index (χ1v) is 8.51. The van der Waals surface area contributed by atoms with Gasteiger partial charge < -0.3 is 9.64 Å². The van der Waals surface area contributed by atoms with Crippen LogP contribution < -0.4 is 10.0 Å². The zero-order valence-corrected chi connectivity index (χ0v) is 13.5. The number of nitro groups is 1. The standard InChI is InChI=1S/C13H15N3O7S/c1-23-13(18)10-3-2-9(16(19)20)5-11(10)15-6-8(4-12(15)17)7-24(14,21)22/h2-3,5,8H,4,6-7H2,1H3,(H2,14,21,22). The Morgan fingerprint density at radius 1 is 1.50 bits per heavy atom. The second-order valence-electron chi connectivity index (χ2n) is 5.35. The number of primary sulfonamides is 1. The molecule has 1 saturated heterocycles. The lowest BCUT2D eigenvalue weighted by Gasteiger charge is -2.19. The van der Waals surface area contributed by atoms with E-state index < -0.39 is 38.5 Å². The largest absolute Gasteiger partial charge is 0.465 e. The molecule has 1 amide bonds. The predicted octanol–water partition coefficient (Wildman–Crippen LogP) is 0.0228. The summed E-state index contributed by atoms with van der Waals surface area (Å²) < 4.78 is 27.0. The number of carbonyl (C=O) groups excluding carboxylic acids is 2. The Hall–Kier alpha value is -2.53. The SMILES string of the molecule is COC(=O)c1ccc([N+](=O)[O-])cc1N1CC(CS(N)(=O)=O)CC1=O. The number of non-ortho nitro benzene ring substituents is 1. The van der Waals surface area contributed by atoms with Crippen molar-refractivity contribution in [3.8, 4) is 0 Å². The molecule has 0 spiro atoms. The summed E-state index contributed by atoms with van der Waals surface area (Å²) in [6.07, 6.45) is -0.0836. The van der Waals surface area contributed by atoms with E-state index in [0.717, 1.165) is 24.1 Å². The van der Waals surface area contributed by atoms with Crippen molar-refractivity contribution < 1.29 is 27.7 Å². The maximum Gasteiger partial charge on any atom is 0.339 e. The zero-order valence-electron chi connectivity index (χ0n) is 12.7. The molecule has 11 heteroatoms. The van der Waals surface area contributed by atoms with Crippen molar-refractivity contribution in [2.45, 2.75) is 6.42 Å². The summed E-state index contributed by atoms with van der Waals surface area (Å²) in [7, 11) is -2.63. The molecule has 1 heterocycles. The number of amides is 1. The highest BCUT2D eigenvalue weighted by Crippen LogP contribution is 2.32. The van der Waals surface area contributed by atoms with Gasteiger partial charge >= 0.3 is 5.97 Å². The summed E-state index contributed by atoms with van der Waals surface area (Å²) in [5, 5.41) is 15.9. The molecule has 0 aromatic heterocycles. The van der Waals surface area contributed by atoms with Crippen molar-refractivity contribution >= 4 is 33.3 Å². The molecule has 10 nitrogen and oxygen atoms in total. The van der Waals surface area contributed by atoms with Gasteiger partial charge in [0.15, 0.2) is 0 Å². The summed E-state index contributed by atoms with van der Waals surface area (Å²) in [6.45, 7) is -0.0135. The van der Waals surface area contributed by atoms with Gasteiger partial charge in [-0.25, -0.2) is 18.4 Å². The summed E-state index contributed by atoms with van der Waals surface area (Å²) in [5.41, 5.74) is -0.314. The number of sulfonamides is 1. The molecule has 0 saturated carbocycles. The van der Waals surface area contributed by atoms with Crippen LogP contribution in [0.1, 0.15) is 16.8 Å². The highest BCUT2D eigenvalue weighted by atomic mass is 32.2. The van der Waals surface area contributed by atoms with Crippen LogP contribution in [-0.2, 0) is 19.6 Å². The molecule has 2 rings (SSSR count). The maximum absolute atomic E-state index is 12.2. The number of methoxy groups -OCH3 is 1. The number of ether oxygens (including phenoxy) is 1. The van der Waals surface area contributed by atoms with Gasteiger partial charge in [0.05, 0.1) is 29.0 Å². The number of benzene rings is 1. The van der Waals surface area contributed by atoms with Gasteiger partial charge in [-0.05, 0) is 6.07 Å². The van der Waals surface area contributed by atoms with Crippen LogP contribution in [-0.4, -0.2) is 44.6 Å². The quantitative estimate of drug-likeness (QED) is 0.443. The summed E-state index contributed by atoms with van der Waals surface area (Å²) in [4.78, 5) is 35.5. The van der Waals surface area contributed by atoms with Crippen molar-refractivity contribution in [1.82, 2.24) is 0 Å². The highest BCUT2D eigenvalue weighted by Gasteiger charge is 2.35. The van der Waals surface area contributed by atoms with Crippen LogP contribution in [0.25, 0.3) is 0 Å². The third-order valence-electron chi connectivity index (χ3n) is 3.56. The Morgan fingerprint density at radius 3 is 2.71 bits per heavy atom. The average molecular weight is 357 g/mol. The third-order valence-corrected chi connectivity index (χ3v) is 4.50. The molecule has 2 N–H and O–H groups in total. The molecule has 1 aliphatic heterocycles. The lowest BCUT2D eigenvalue weighted by Crippen LogP contribution is -2.29. The molecule has 0 bridgehead atoms. The van der Waals surface area contributed by atoms with E-state index in [9.17, 15) is 28.1 Å². The van der Waals surface area contributed by atoms with E-state index in [0.29, 0.717) is 0 Å². The summed E-state index contributed by atoms with van der Waals surface area (Å²) >= 11 is 0. The Balaban J connectivity index is 2.42. The van der Waals surface area contributed by atoms with Crippen LogP contribution in [0.5, 0.6) is 0 Å². The number of hydrogen-bond donors (Lipinski definition) is 1. The molecule has 1 atom stereocenters. The first-order valence-electron chi connectivity index (χ1n) is 6.80. The Labute approximate surface area is 137 Å². The second kappa shape index (κ2) is 6.53. The first-order chi connectivity index (χ1) is 11.1. The van der Waals surface area contributed by atoms with E-state index in [4.69, 9.17) is 5.14 Å². The van der Waals surface area contributed by atoms with Crippen molar-refractivity contribution in [1.29, 1.82) is 0 Å². The van der Waals surface area contributed by atoms with Crippen LogP contribution in [0.15, 0.2) is 18.2 Å². The van der Waals surface area contributed by atoms with Gasteiger partial charge in [-0.3, -0.25) is 14.9 Å². The van der Waals surface area contributed by atoms with E-state index >= 15 is 0 Å². The number of nitro benzene ring substituents is 1. The van der Waals surface area contributed by atoms with Gasteiger partial charge in [0.25, 0.3) is 5.69 Å². The van der Waals surface area contributed by atoms with Crippen LogP contribution in [0.4, 0.5) is 11.4 Å². The lowest BCUT2D eigenvalue weighted by atomic mass is 10.1. The number of esters is 1. The predicted molar refractivity (Wildman–Crippen MR) is 82.9 cm³/mol. The molecule has 24 heavy (non-hydrogen) atoms. The summed E-state index contributed by atoms with van der Waals surface area (Å²) in [6, 6.07) is 3.40. The molecule has 1 aromatic carbocycles.